The van der Waals surface area contributed by atoms with Crippen LogP contribution in [0.2, 0.25) is 0 Å². The van der Waals surface area contributed by atoms with Gasteiger partial charge in [-0.3, -0.25) is 0 Å². The third-order valence-corrected chi connectivity index (χ3v) is 5.84. The molecule has 4 aromatic carbocycles. The first-order chi connectivity index (χ1) is 17.8. The first-order valence-corrected chi connectivity index (χ1v) is 11.8. The summed E-state index contributed by atoms with van der Waals surface area (Å²) in [7, 11) is 0. The fourth-order valence-corrected chi connectivity index (χ4v) is 3.72. The third-order valence-electron chi connectivity index (χ3n) is 5.84. The van der Waals surface area contributed by atoms with Crippen LogP contribution in [0.1, 0.15) is 35.7 Å². The number of esters is 1. The molecule has 0 atom stereocenters. The molecule has 0 aliphatic carbocycles. The number of rotatable bonds is 8. The number of benzene rings is 4. The van der Waals surface area contributed by atoms with Crippen molar-refractivity contribution in [2.75, 3.05) is 6.61 Å². The van der Waals surface area contributed by atoms with E-state index < -0.39 is 34.8 Å². The van der Waals surface area contributed by atoms with Gasteiger partial charge in [-0.05, 0) is 54.8 Å². The topological polar surface area (TPSA) is 35.5 Å². The molecule has 0 aliphatic rings. The largest absolute Gasteiger partial charge is 0.490 e. The number of unbranched alkanes of at least 4 members (excludes halogenated alkanes) is 1. The molecule has 0 bridgehead atoms. The van der Waals surface area contributed by atoms with Crippen LogP contribution in [0.4, 0.5) is 17.6 Å². The normalized spacial score (nSPS) is 10.9. The van der Waals surface area contributed by atoms with Gasteiger partial charge >= 0.3 is 5.97 Å². The summed E-state index contributed by atoms with van der Waals surface area (Å²) in [4.78, 5) is 12.5. The molecule has 0 radical (unpaired) electrons. The molecule has 0 aliphatic heterocycles. The number of hydrogen-bond donors (Lipinski definition) is 0. The van der Waals surface area contributed by atoms with Gasteiger partial charge in [0.25, 0.3) is 0 Å². The zero-order valence-corrected chi connectivity index (χ0v) is 20.3. The lowest BCUT2D eigenvalue weighted by Crippen LogP contribution is -2.12. The molecule has 0 N–H and O–H groups in total. The molecule has 0 saturated heterocycles. The Morgan fingerprint density at radius 3 is 1.89 bits per heavy atom. The molecule has 0 saturated carbocycles. The molecule has 7 heteroatoms. The van der Waals surface area contributed by atoms with E-state index in [9.17, 15) is 22.4 Å². The molecule has 4 rings (SSSR count). The molecule has 0 aromatic heterocycles. The van der Waals surface area contributed by atoms with Gasteiger partial charge < -0.3 is 9.47 Å². The summed E-state index contributed by atoms with van der Waals surface area (Å²) in [6, 6.07) is 17.7. The zero-order valence-electron chi connectivity index (χ0n) is 20.3. The molecule has 190 valence electrons. The summed E-state index contributed by atoms with van der Waals surface area (Å²) in [5, 5.41) is 0. The fraction of sp³-hybridized carbons (Fsp3) is 0.167. The second-order valence-corrected chi connectivity index (χ2v) is 8.51. The second-order valence-electron chi connectivity index (χ2n) is 8.51. The van der Waals surface area contributed by atoms with Gasteiger partial charge in [0.2, 0.25) is 5.82 Å². The van der Waals surface area contributed by atoms with Crippen LogP contribution in [0.5, 0.6) is 11.5 Å². The minimum absolute atomic E-state index is 0.00183. The Bertz CT molecular complexity index is 1410. The number of ether oxygens (including phenoxy) is 2. The van der Waals surface area contributed by atoms with Gasteiger partial charge in [0.1, 0.15) is 5.75 Å². The highest BCUT2D eigenvalue weighted by molar-refractivity contribution is 5.92. The molecule has 0 fully saturated rings. The van der Waals surface area contributed by atoms with E-state index in [1.807, 2.05) is 13.8 Å². The van der Waals surface area contributed by atoms with Crippen molar-refractivity contribution in [2.24, 2.45) is 0 Å². The Kier molecular flexibility index (Phi) is 7.92. The number of carbonyl (C=O) groups is 1. The average molecular weight is 509 g/mol. The maximum atomic E-state index is 14.7. The van der Waals surface area contributed by atoms with Crippen LogP contribution in [0.3, 0.4) is 0 Å². The summed E-state index contributed by atoms with van der Waals surface area (Å²) >= 11 is 0. The summed E-state index contributed by atoms with van der Waals surface area (Å²) in [5.74, 6) is -5.86. The van der Waals surface area contributed by atoms with E-state index in [0.717, 1.165) is 24.5 Å². The fourth-order valence-electron chi connectivity index (χ4n) is 3.72. The van der Waals surface area contributed by atoms with Crippen molar-refractivity contribution in [3.05, 3.63) is 107 Å². The van der Waals surface area contributed by atoms with E-state index in [0.29, 0.717) is 11.1 Å². The summed E-state index contributed by atoms with van der Waals surface area (Å²) in [5.41, 5.74) is 1.23. The lowest BCUT2D eigenvalue weighted by atomic mass is 10.0. The van der Waals surface area contributed by atoms with Crippen LogP contribution in [-0.4, -0.2) is 12.6 Å². The second kappa shape index (κ2) is 11.3. The summed E-state index contributed by atoms with van der Waals surface area (Å²) in [6.07, 6.45) is 1.58. The van der Waals surface area contributed by atoms with Crippen LogP contribution < -0.4 is 9.47 Å². The first kappa shape index (κ1) is 25.9. The summed E-state index contributed by atoms with van der Waals surface area (Å²) < 4.78 is 68.9. The van der Waals surface area contributed by atoms with Gasteiger partial charge in [-0.15, -0.1) is 0 Å². The van der Waals surface area contributed by atoms with Gasteiger partial charge in [0.05, 0.1) is 12.2 Å². The predicted octanol–water partition coefficient (Wildman–Crippen LogP) is 8.28. The van der Waals surface area contributed by atoms with Crippen molar-refractivity contribution < 1.29 is 31.8 Å². The number of carbonyl (C=O) groups excluding carboxylic acids is 1. The van der Waals surface area contributed by atoms with Gasteiger partial charge in [-0.1, -0.05) is 61.4 Å². The van der Waals surface area contributed by atoms with Crippen molar-refractivity contribution in [2.45, 2.75) is 26.7 Å². The van der Waals surface area contributed by atoms with Crippen LogP contribution >= 0.6 is 0 Å². The van der Waals surface area contributed by atoms with Crippen molar-refractivity contribution >= 4 is 5.97 Å². The van der Waals surface area contributed by atoms with Crippen LogP contribution in [-0.2, 0) is 0 Å². The highest BCUT2D eigenvalue weighted by Crippen LogP contribution is 2.32. The Hall–Kier alpha value is -4.13. The average Bonchev–Trinajstić information content (AvgIpc) is 2.89. The Balaban J connectivity index is 1.50. The molecule has 0 unspecified atom stereocenters. The van der Waals surface area contributed by atoms with E-state index >= 15 is 0 Å². The Labute approximate surface area is 212 Å². The highest BCUT2D eigenvalue weighted by Gasteiger charge is 2.21. The van der Waals surface area contributed by atoms with Gasteiger partial charge in [0.15, 0.2) is 23.2 Å². The van der Waals surface area contributed by atoms with E-state index in [1.54, 1.807) is 24.3 Å². The molecule has 0 amide bonds. The minimum Gasteiger partial charge on any atom is -0.490 e. The van der Waals surface area contributed by atoms with Crippen molar-refractivity contribution in [3.63, 3.8) is 0 Å². The Morgan fingerprint density at radius 2 is 1.27 bits per heavy atom. The van der Waals surface area contributed by atoms with Crippen LogP contribution in [0.15, 0.2) is 72.8 Å². The van der Waals surface area contributed by atoms with E-state index in [2.05, 4.69) is 0 Å². The van der Waals surface area contributed by atoms with Gasteiger partial charge in [-0.2, -0.15) is 4.39 Å². The van der Waals surface area contributed by atoms with Crippen LogP contribution in [0.25, 0.3) is 22.3 Å². The predicted molar refractivity (Wildman–Crippen MR) is 134 cm³/mol. The van der Waals surface area contributed by atoms with Crippen molar-refractivity contribution in [1.82, 2.24) is 0 Å². The quantitative estimate of drug-likeness (QED) is 0.104. The maximum absolute atomic E-state index is 14.7. The first-order valence-electron chi connectivity index (χ1n) is 11.8. The van der Waals surface area contributed by atoms with Crippen molar-refractivity contribution in [3.8, 4) is 33.8 Å². The SMILES string of the molecule is CCCCOc1ccc(-c2ccc(OC(=O)c3ccc(-c4ccc(C)cc4)c(F)c3F)cc2)c(F)c1F. The van der Waals surface area contributed by atoms with E-state index in [-0.39, 0.29) is 29.2 Å². The molecular formula is C30H24F4O3. The molecule has 0 heterocycles. The maximum Gasteiger partial charge on any atom is 0.346 e. The molecule has 4 aromatic rings. The lowest BCUT2D eigenvalue weighted by Gasteiger charge is -2.11. The molecule has 3 nitrogen and oxygen atoms in total. The molecular weight excluding hydrogens is 484 g/mol. The standard InChI is InChI=1S/C30H24F4O3/c1-3-4-17-36-25-16-15-23(27(32)29(25)34)20-9-11-21(12-10-20)37-30(35)24-14-13-22(26(31)28(24)33)19-7-5-18(2)6-8-19/h5-16H,3-4,17H2,1-2H3. The summed E-state index contributed by atoms with van der Waals surface area (Å²) in [6.45, 7) is 4.12. The van der Waals surface area contributed by atoms with Crippen LogP contribution in [0, 0.1) is 30.2 Å². The lowest BCUT2D eigenvalue weighted by molar-refractivity contribution is 0.0728. The van der Waals surface area contributed by atoms with Crippen molar-refractivity contribution in [1.29, 1.82) is 0 Å². The molecule has 37 heavy (non-hydrogen) atoms. The zero-order chi connectivity index (χ0) is 26.5. The number of halogens is 4. The Morgan fingerprint density at radius 1 is 0.703 bits per heavy atom. The molecule has 0 spiro atoms. The smallest absolute Gasteiger partial charge is 0.346 e. The van der Waals surface area contributed by atoms with E-state index in [1.165, 1.54) is 42.5 Å². The minimum atomic E-state index is -1.32. The van der Waals surface area contributed by atoms with Gasteiger partial charge in [-0.25, -0.2) is 18.0 Å². The number of hydrogen-bond acceptors (Lipinski definition) is 3. The van der Waals surface area contributed by atoms with E-state index in [4.69, 9.17) is 9.47 Å². The highest BCUT2D eigenvalue weighted by atomic mass is 19.2. The monoisotopic (exact) mass is 508 g/mol. The third kappa shape index (κ3) is 5.66. The van der Waals surface area contributed by atoms with Gasteiger partial charge in [0, 0.05) is 11.1 Å². The number of aryl methyl sites for hydroxylation is 1.